The maximum Gasteiger partial charge on any atom is 0.340 e. The zero-order valence-corrected chi connectivity index (χ0v) is 17.8. The molecule has 28 heavy (non-hydrogen) atoms. The van der Waals surface area contributed by atoms with Crippen LogP contribution in [0.15, 0.2) is 12.1 Å². The number of halogens is 2. The van der Waals surface area contributed by atoms with Gasteiger partial charge in [0, 0.05) is 30.8 Å². The SMILES string of the molecule is COC(=O)c1cc(Cl)cc(Cl)c1NC(=O)CN(CC(C)(C)O)C1CCOCC1. The van der Waals surface area contributed by atoms with Crippen LogP contribution in [0.2, 0.25) is 10.0 Å². The summed E-state index contributed by atoms with van der Waals surface area (Å²) in [5, 5.41) is 13.3. The number of nitrogens with zero attached hydrogens (tertiary/aromatic N) is 1. The van der Waals surface area contributed by atoms with Crippen LogP contribution in [-0.2, 0) is 14.3 Å². The minimum absolute atomic E-state index is 0.0359. The Morgan fingerprint density at radius 1 is 1.32 bits per heavy atom. The smallest absolute Gasteiger partial charge is 0.340 e. The van der Waals surface area contributed by atoms with Crippen LogP contribution in [0.4, 0.5) is 5.69 Å². The lowest BCUT2D eigenvalue weighted by atomic mass is 10.0. The molecule has 0 radical (unpaired) electrons. The van der Waals surface area contributed by atoms with E-state index in [4.69, 9.17) is 32.7 Å². The fraction of sp³-hybridized carbons (Fsp3) is 0.579. The molecule has 7 nitrogen and oxygen atoms in total. The molecule has 156 valence electrons. The lowest BCUT2D eigenvalue weighted by molar-refractivity contribution is -0.119. The molecule has 2 N–H and O–H groups in total. The molecule has 1 amide bonds. The lowest BCUT2D eigenvalue weighted by Crippen LogP contribution is -2.49. The quantitative estimate of drug-likeness (QED) is 0.643. The summed E-state index contributed by atoms with van der Waals surface area (Å²) in [6.45, 7) is 4.98. The minimum Gasteiger partial charge on any atom is -0.465 e. The largest absolute Gasteiger partial charge is 0.465 e. The molecule has 1 saturated heterocycles. The van der Waals surface area contributed by atoms with Gasteiger partial charge in [0.05, 0.1) is 35.5 Å². The topological polar surface area (TPSA) is 88.1 Å². The Morgan fingerprint density at radius 3 is 2.54 bits per heavy atom. The van der Waals surface area contributed by atoms with E-state index in [2.05, 4.69) is 5.32 Å². The molecule has 1 fully saturated rings. The lowest BCUT2D eigenvalue weighted by Gasteiger charge is -2.37. The third-order valence-corrected chi connectivity index (χ3v) is 4.88. The zero-order chi connectivity index (χ0) is 20.9. The van der Waals surface area contributed by atoms with Gasteiger partial charge in [0.15, 0.2) is 0 Å². The molecule has 1 heterocycles. The highest BCUT2D eigenvalue weighted by Crippen LogP contribution is 2.31. The maximum absolute atomic E-state index is 12.7. The number of hydrogen-bond acceptors (Lipinski definition) is 6. The number of esters is 1. The van der Waals surface area contributed by atoms with E-state index in [0.29, 0.717) is 19.8 Å². The second kappa shape index (κ2) is 9.89. The molecule has 0 aliphatic carbocycles. The summed E-state index contributed by atoms with van der Waals surface area (Å²) in [5.74, 6) is -1.01. The molecular weight excluding hydrogens is 407 g/mol. The number of aliphatic hydroxyl groups is 1. The first-order chi connectivity index (χ1) is 13.1. The van der Waals surface area contributed by atoms with E-state index in [1.807, 2.05) is 4.90 Å². The molecule has 1 aliphatic heterocycles. The summed E-state index contributed by atoms with van der Waals surface area (Å²) in [7, 11) is 1.24. The van der Waals surface area contributed by atoms with Crippen LogP contribution in [-0.4, -0.2) is 66.9 Å². The number of benzene rings is 1. The van der Waals surface area contributed by atoms with Crippen molar-refractivity contribution >= 4 is 40.8 Å². The first-order valence-electron chi connectivity index (χ1n) is 9.02. The van der Waals surface area contributed by atoms with Gasteiger partial charge in [-0.15, -0.1) is 0 Å². The minimum atomic E-state index is -0.965. The fourth-order valence-electron chi connectivity index (χ4n) is 3.20. The summed E-state index contributed by atoms with van der Waals surface area (Å²) in [4.78, 5) is 26.7. The highest BCUT2D eigenvalue weighted by molar-refractivity contribution is 6.37. The first kappa shape index (κ1) is 22.9. The van der Waals surface area contributed by atoms with E-state index in [9.17, 15) is 14.7 Å². The van der Waals surface area contributed by atoms with E-state index in [-0.39, 0.29) is 39.8 Å². The first-order valence-corrected chi connectivity index (χ1v) is 9.77. The number of nitrogens with one attached hydrogen (secondary N) is 1. The monoisotopic (exact) mass is 432 g/mol. The highest BCUT2D eigenvalue weighted by Gasteiger charge is 2.29. The van der Waals surface area contributed by atoms with Gasteiger partial charge in [-0.2, -0.15) is 0 Å². The Kier molecular flexibility index (Phi) is 8.09. The average molecular weight is 433 g/mol. The van der Waals surface area contributed by atoms with Crippen LogP contribution in [0, 0.1) is 0 Å². The van der Waals surface area contributed by atoms with Gasteiger partial charge >= 0.3 is 5.97 Å². The Hall–Kier alpha value is -1.38. The van der Waals surface area contributed by atoms with E-state index < -0.39 is 11.6 Å². The number of anilines is 1. The van der Waals surface area contributed by atoms with Crippen LogP contribution < -0.4 is 5.32 Å². The summed E-state index contributed by atoms with van der Waals surface area (Å²) in [6.07, 6.45) is 1.55. The van der Waals surface area contributed by atoms with Crippen molar-refractivity contribution in [3.05, 3.63) is 27.7 Å². The summed E-state index contributed by atoms with van der Waals surface area (Å²) < 4.78 is 10.1. The molecule has 0 spiro atoms. The van der Waals surface area contributed by atoms with Gasteiger partial charge in [-0.1, -0.05) is 23.2 Å². The fourth-order valence-corrected chi connectivity index (χ4v) is 3.74. The number of amides is 1. The molecule has 0 saturated carbocycles. The molecule has 9 heteroatoms. The second-order valence-electron chi connectivity index (χ2n) is 7.41. The van der Waals surface area contributed by atoms with Crippen molar-refractivity contribution in [3.63, 3.8) is 0 Å². The number of carbonyl (C=O) groups is 2. The van der Waals surface area contributed by atoms with Gasteiger partial charge in [0.25, 0.3) is 0 Å². The maximum atomic E-state index is 12.7. The average Bonchev–Trinajstić information content (AvgIpc) is 2.62. The zero-order valence-electron chi connectivity index (χ0n) is 16.3. The van der Waals surface area contributed by atoms with E-state index in [1.54, 1.807) is 13.8 Å². The molecule has 1 aromatic rings. The van der Waals surface area contributed by atoms with Gasteiger partial charge in [-0.3, -0.25) is 9.69 Å². The molecular formula is C19H26Cl2N2O5. The third kappa shape index (κ3) is 6.60. The number of rotatable bonds is 7. The van der Waals surface area contributed by atoms with E-state index >= 15 is 0 Å². The van der Waals surface area contributed by atoms with Gasteiger partial charge in [-0.05, 0) is 38.8 Å². The summed E-state index contributed by atoms with van der Waals surface area (Å²) in [6, 6.07) is 2.95. The molecule has 0 bridgehead atoms. The van der Waals surface area contributed by atoms with Crippen molar-refractivity contribution in [2.24, 2.45) is 0 Å². The standard InChI is InChI=1S/C19H26Cl2N2O5/c1-19(2,26)11-23(13-4-6-28-7-5-13)10-16(24)22-17-14(18(25)27-3)8-12(20)9-15(17)21/h8-9,13,26H,4-7,10-11H2,1-3H3,(H,22,24). The van der Waals surface area contributed by atoms with E-state index in [0.717, 1.165) is 12.8 Å². The molecule has 1 aromatic carbocycles. The second-order valence-corrected chi connectivity index (χ2v) is 8.25. The van der Waals surface area contributed by atoms with Crippen LogP contribution in [0.3, 0.4) is 0 Å². The number of ether oxygens (including phenoxy) is 2. The predicted molar refractivity (Wildman–Crippen MR) is 108 cm³/mol. The van der Waals surface area contributed by atoms with Crippen molar-refractivity contribution in [2.45, 2.75) is 38.3 Å². The summed E-state index contributed by atoms with van der Waals surface area (Å²) in [5.41, 5.74) is -0.736. The third-order valence-electron chi connectivity index (χ3n) is 4.37. The number of hydrogen-bond donors (Lipinski definition) is 2. The molecule has 0 atom stereocenters. The van der Waals surface area contributed by atoms with Gasteiger partial charge in [0.2, 0.25) is 5.91 Å². The van der Waals surface area contributed by atoms with Crippen molar-refractivity contribution in [3.8, 4) is 0 Å². The predicted octanol–water partition coefficient (Wildman–Crippen LogP) is 2.97. The Labute approximate surface area is 174 Å². The Balaban J connectivity index is 2.19. The van der Waals surface area contributed by atoms with Crippen LogP contribution in [0.1, 0.15) is 37.0 Å². The number of methoxy groups -OCH3 is 1. The molecule has 0 unspecified atom stereocenters. The van der Waals surface area contributed by atoms with Crippen molar-refractivity contribution < 1.29 is 24.2 Å². The summed E-state index contributed by atoms with van der Waals surface area (Å²) >= 11 is 12.2. The Morgan fingerprint density at radius 2 is 1.96 bits per heavy atom. The van der Waals surface area contributed by atoms with Gasteiger partial charge in [0.1, 0.15) is 0 Å². The Bertz CT molecular complexity index is 715. The molecule has 2 rings (SSSR count). The molecule has 1 aliphatic rings. The normalized spacial score (nSPS) is 15.5. The number of carbonyl (C=O) groups excluding carboxylic acids is 2. The van der Waals surface area contributed by atoms with Crippen LogP contribution >= 0.6 is 23.2 Å². The van der Waals surface area contributed by atoms with Crippen LogP contribution in [0.5, 0.6) is 0 Å². The van der Waals surface area contributed by atoms with Crippen molar-refractivity contribution in [1.29, 1.82) is 0 Å². The van der Waals surface area contributed by atoms with Crippen LogP contribution in [0.25, 0.3) is 0 Å². The molecule has 0 aromatic heterocycles. The van der Waals surface area contributed by atoms with E-state index in [1.165, 1.54) is 19.2 Å². The highest BCUT2D eigenvalue weighted by atomic mass is 35.5. The van der Waals surface area contributed by atoms with Crippen molar-refractivity contribution in [1.82, 2.24) is 4.90 Å². The van der Waals surface area contributed by atoms with Crippen molar-refractivity contribution in [2.75, 3.05) is 38.7 Å². The van der Waals surface area contributed by atoms with Gasteiger partial charge < -0.3 is 19.9 Å². The van der Waals surface area contributed by atoms with Gasteiger partial charge in [-0.25, -0.2) is 4.79 Å².